The zero-order chi connectivity index (χ0) is 24.0. The number of anilines is 2. The number of benzene rings is 1. The first-order valence-electron chi connectivity index (χ1n) is 10.8. The Morgan fingerprint density at radius 2 is 1.76 bits per heavy atom. The van der Waals surface area contributed by atoms with Gasteiger partial charge >= 0.3 is 0 Å². The van der Waals surface area contributed by atoms with E-state index in [1.807, 2.05) is 45.0 Å². The Balaban J connectivity index is 2.09. The van der Waals surface area contributed by atoms with Crippen molar-refractivity contribution in [3.63, 3.8) is 0 Å². The Kier molecular flexibility index (Phi) is 8.79. The monoisotopic (exact) mass is 492 g/mol. The van der Waals surface area contributed by atoms with Crippen LogP contribution in [0.2, 0.25) is 0 Å². The highest BCUT2D eigenvalue weighted by Crippen LogP contribution is 2.41. The lowest BCUT2D eigenvalue weighted by molar-refractivity contribution is -0.432. The molecule has 1 aliphatic heterocycles. The molecule has 11 heteroatoms. The summed E-state index contributed by atoms with van der Waals surface area (Å²) < 4.78 is 7.76. The maximum absolute atomic E-state index is 13.0. The number of hydrogen-bond acceptors (Lipinski definition) is 9. The van der Waals surface area contributed by atoms with Crippen LogP contribution in [-0.2, 0) is 22.5 Å². The second-order valence-corrected chi connectivity index (χ2v) is 8.27. The van der Waals surface area contributed by atoms with Gasteiger partial charge in [-0.1, -0.05) is 22.9 Å². The molecule has 1 aliphatic rings. The molecule has 1 aromatic heterocycles. The summed E-state index contributed by atoms with van der Waals surface area (Å²) >= 11 is 6.38. The van der Waals surface area contributed by atoms with E-state index in [1.54, 1.807) is 6.08 Å². The van der Waals surface area contributed by atoms with Gasteiger partial charge < -0.3 is 14.9 Å². The molecular formula is C22H28N4O5S2. The van der Waals surface area contributed by atoms with Crippen molar-refractivity contribution in [1.82, 2.24) is 9.13 Å². The topological polar surface area (TPSA) is 92.3 Å². The second-order valence-electron chi connectivity index (χ2n) is 7.13. The molecule has 0 bridgehead atoms. The van der Waals surface area contributed by atoms with E-state index in [1.165, 1.54) is 9.13 Å². The first-order valence-corrected chi connectivity index (χ1v) is 12.1. The van der Waals surface area contributed by atoms with Crippen LogP contribution >= 0.6 is 24.3 Å². The zero-order valence-electron chi connectivity index (χ0n) is 18.9. The standard InChI is InChI=1S/C22H28N4O5S2/c1-4-23-17-10-7-8-11-18(17)26(14-9-15-33-31-30-29)19(23)13-12-16-20(27)24(5-2)22(32)25(6-3)21(16)28/h7-8,10-12,27,29H,4-6,9,14-15H2,1-3H3. The summed E-state index contributed by atoms with van der Waals surface area (Å²) in [5.41, 5.74) is 5.14. The third-order valence-corrected chi connectivity index (χ3v) is 6.44. The Bertz CT molecular complexity index is 1170. The van der Waals surface area contributed by atoms with Gasteiger partial charge in [0.25, 0.3) is 5.56 Å². The number of fused-ring (bicyclic) bond motifs is 1. The molecule has 2 N–H and O–H groups in total. The summed E-state index contributed by atoms with van der Waals surface area (Å²) in [6.45, 7) is 7.95. The third kappa shape index (κ3) is 5.03. The largest absolute Gasteiger partial charge is 0.494 e. The molecule has 0 radical (unpaired) electrons. The molecule has 178 valence electrons. The van der Waals surface area contributed by atoms with Crippen LogP contribution in [0, 0.1) is 4.77 Å². The number of para-hydroxylation sites is 2. The number of nitrogens with zero attached hydrogens (tertiary/aromatic N) is 4. The van der Waals surface area contributed by atoms with Gasteiger partial charge in [0.2, 0.25) is 5.88 Å². The quantitative estimate of drug-likeness (QED) is 0.125. The first-order chi connectivity index (χ1) is 16.0. The molecule has 3 rings (SSSR count). The van der Waals surface area contributed by atoms with E-state index in [9.17, 15) is 9.90 Å². The van der Waals surface area contributed by atoms with E-state index < -0.39 is 0 Å². The van der Waals surface area contributed by atoms with Crippen molar-refractivity contribution in [1.29, 1.82) is 0 Å². The van der Waals surface area contributed by atoms with Crippen LogP contribution in [0.25, 0.3) is 6.08 Å². The van der Waals surface area contributed by atoms with Gasteiger partial charge in [-0.05, 0) is 51.5 Å². The highest BCUT2D eigenvalue weighted by Gasteiger charge is 2.29. The lowest BCUT2D eigenvalue weighted by Crippen LogP contribution is -2.29. The van der Waals surface area contributed by atoms with Gasteiger partial charge in [0.15, 0.2) is 10.6 Å². The number of hydrogen-bond donors (Lipinski definition) is 2. The molecule has 0 atom stereocenters. The number of aromatic hydroxyl groups is 1. The minimum atomic E-state index is -0.347. The average Bonchev–Trinajstić information content (AvgIpc) is 3.12. The van der Waals surface area contributed by atoms with Crippen molar-refractivity contribution < 1.29 is 19.7 Å². The molecule has 0 unspecified atom stereocenters. The van der Waals surface area contributed by atoms with Crippen LogP contribution in [0.5, 0.6) is 5.88 Å². The molecule has 0 saturated carbocycles. The SMILES string of the molecule is CCN1C(=C=Cc2c(O)n(CC)c(=S)n(CC)c2=O)N(CCCSOOO)c2ccccc21. The Labute approximate surface area is 201 Å². The summed E-state index contributed by atoms with van der Waals surface area (Å²) in [6.07, 6.45) is 2.28. The van der Waals surface area contributed by atoms with E-state index in [0.717, 1.165) is 35.7 Å². The van der Waals surface area contributed by atoms with Gasteiger partial charge in [0.05, 0.1) is 11.4 Å². The molecule has 2 aromatic rings. The minimum Gasteiger partial charge on any atom is -0.494 e. The van der Waals surface area contributed by atoms with Gasteiger partial charge in [-0.3, -0.25) is 13.9 Å². The summed E-state index contributed by atoms with van der Waals surface area (Å²) in [5, 5.41) is 22.7. The molecule has 0 amide bonds. The first kappa shape index (κ1) is 25.1. The van der Waals surface area contributed by atoms with E-state index in [4.69, 9.17) is 17.5 Å². The molecule has 1 aromatic carbocycles. The fourth-order valence-electron chi connectivity index (χ4n) is 3.87. The molecule has 0 aliphatic carbocycles. The maximum atomic E-state index is 13.0. The van der Waals surface area contributed by atoms with Crippen molar-refractivity contribution >= 4 is 41.7 Å². The Morgan fingerprint density at radius 1 is 1.09 bits per heavy atom. The van der Waals surface area contributed by atoms with E-state index in [0.29, 0.717) is 36.7 Å². The van der Waals surface area contributed by atoms with E-state index in [2.05, 4.69) is 24.9 Å². The molecule has 2 heterocycles. The Hall–Kier alpha value is -2.53. The van der Waals surface area contributed by atoms with E-state index >= 15 is 0 Å². The van der Waals surface area contributed by atoms with Crippen LogP contribution < -0.4 is 15.4 Å². The smallest absolute Gasteiger partial charge is 0.266 e. The predicted octanol–water partition coefficient (Wildman–Crippen LogP) is 4.38. The van der Waals surface area contributed by atoms with Gasteiger partial charge in [-0.2, -0.15) is 0 Å². The Morgan fingerprint density at radius 3 is 2.36 bits per heavy atom. The van der Waals surface area contributed by atoms with Gasteiger partial charge in [0, 0.05) is 50.1 Å². The highest BCUT2D eigenvalue weighted by molar-refractivity contribution is 7.94. The van der Waals surface area contributed by atoms with Crippen LogP contribution in [0.1, 0.15) is 32.8 Å². The molecule has 9 nitrogen and oxygen atoms in total. The zero-order valence-corrected chi connectivity index (χ0v) is 20.5. The summed E-state index contributed by atoms with van der Waals surface area (Å²) in [7, 11) is 0. The van der Waals surface area contributed by atoms with Crippen molar-refractivity contribution in [3.05, 3.63) is 56.5 Å². The number of aromatic nitrogens is 2. The van der Waals surface area contributed by atoms with Crippen molar-refractivity contribution in [3.8, 4) is 5.88 Å². The minimum absolute atomic E-state index is 0.149. The van der Waals surface area contributed by atoms with Gasteiger partial charge in [0.1, 0.15) is 5.56 Å². The van der Waals surface area contributed by atoms with Crippen molar-refractivity contribution in [2.75, 3.05) is 28.6 Å². The normalized spacial score (nSPS) is 12.8. The summed E-state index contributed by atoms with van der Waals surface area (Å²) in [6, 6.07) is 8.02. The number of rotatable bonds is 10. The summed E-state index contributed by atoms with van der Waals surface area (Å²) in [5.74, 6) is 1.21. The van der Waals surface area contributed by atoms with E-state index in [-0.39, 0.29) is 17.0 Å². The third-order valence-electron chi connectivity index (χ3n) is 5.39. The van der Waals surface area contributed by atoms with Crippen molar-refractivity contribution in [2.24, 2.45) is 0 Å². The lowest BCUT2D eigenvalue weighted by atomic mass is 10.2. The molecule has 0 saturated heterocycles. The second kappa shape index (κ2) is 11.6. The predicted molar refractivity (Wildman–Crippen MR) is 133 cm³/mol. The fourth-order valence-corrected chi connectivity index (χ4v) is 4.66. The van der Waals surface area contributed by atoms with Crippen LogP contribution in [0.15, 0.2) is 40.6 Å². The van der Waals surface area contributed by atoms with Crippen LogP contribution in [0.4, 0.5) is 11.4 Å². The average molecular weight is 493 g/mol. The molecule has 0 fully saturated rings. The van der Waals surface area contributed by atoms with Crippen LogP contribution in [0.3, 0.4) is 0 Å². The lowest BCUT2D eigenvalue weighted by Gasteiger charge is -2.22. The molecule has 33 heavy (non-hydrogen) atoms. The van der Waals surface area contributed by atoms with Gasteiger partial charge in [-0.25, -0.2) is 5.26 Å². The fraction of sp³-hybridized carbons (Fsp3) is 0.409. The van der Waals surface area contributed by atoms with Crippen LogP contribution in [-0.4, -0.2) is 38.3 Å². The highest BCUT2D eigenvalue weighted by atomic mass is 32.2. The van der Waals surface area contributed by atoms with Crippen molar-refractivity contribution in [2.45, 2.75) is 40.3 Å². The van der Waals surface area contributed by atoms with Gasteiger partial charge in [-0.15, -0.1) is 4.33 Å². The molecular weight excluding hydrogens is 464 g/mol. The maximum Gasteiger partial charge on any atom is 0.266 e. The molecule has 0 spiro atoms. The summed E-state index contributed by atoms with van der Waals surface area (Å²) in [4.78, 5) is 17.2.